The molecule has 0 saturated carbocycles. The maximum Gasteiger partial charge on any atom is 0.221 e. The molecule has 2 atom stereocenters. The predicted octanol–water partition coefficient (Wildman–Crippen LogP) is 2.14. The van der Waals surface area contributed by atoms with Crippen LogP contribution in [0.25, 0.3) is 0 Å². The Morgan fingerprint density at radius 1 is 1.04 bits per heavy atom. The van der Waals surface area contributed by atoms with E-state index in [0.717, 1.165) is 11.1 Å². The van der Waals surface area contributed by atoms with Gasteiger partial charge < -0.3 is 11.1 Å². The fourth-order valence-corrected chi connectivity index (χ4v) is 3.26. The van der Waals surface area contributed by atoms with Crippen molar-refractivity contribution in [2.45, 2.75) is 18.2 Å². The molecule has 2 rings (SSSR count). The molecule has 0 radical (unpaired) electrons. The number of amides is 1. The van der Waals surface area contributed by atoms with Crippen molar-refractivity contribution >= 4 is 16.7 Å². The molecule has 3 N–H and O–H groups in total. The molecule has 5 heteroatoms. The Morgan fingerprint density at radius 2 is 1.65 bits per heavy atom. The molecule has 2 aromatic rings. The highest BCUT2D eigenvalue weighted by Crippen LogP contribution is 2.12. The second-order valence-corrected chi connectivity index (χ2v) is 6.92. The molecular formula is C18H22N2O2S. The van der Waals surface area contributed by atoms with Crippen molar-refractivity contribution in [1.29, 1.82) is 0 Å². The van der Waals surface area contributed by atoms with E-state index >= 15 is 0 Å². The van der Waals surface area contributed by atoms with Crippen LogP contribution in [0.3, 0.4) is 0 Å². The molecule has 23 heavy (non-hydrogen) atoms. The topological polar surface area (TPSA) is 72.2 Å². The van der Waals surface area contributed by atoms with Gasteiger partial charge in [0.2, 0.25) is 5.91 Å². The lowest BCUT2D eigenvalue weighted by molar-refractivity contribution is -0.121. The Kier molecular flexibility index (Phi) is 6.97. The molecule has 2 aromatic carbocycles. The number of nitrogens with two attached hydrogens (primary N) is 1. The summed E-state index contributed by atoms with van der Waals surface area (Å²) in [6.07, 6.45) is 0.231. The van der Waals surface area contributed by atoms with Crippen LogP contribution in [0.15, 0.2) is 60.7 Å². The van der Waals surface area contributed by atoms with Crippen LogP contribution in [0.5, 0.6) is 0 Å². The fraction of sp³-hybridized carbons (Fsp3) is 0.278. The predicted molar refractivity (Wildman–Crippen MR) is 94.2 cm³/mol. The van der Waals surface area contributed by atoms with Gasteiger partial charge in [0.05, 0.1) is 0 Å². The summed E-state index contributed by atoms with van der Waals surface area (Å²) in [6.45, 7) is 0.403. The normalized spacial score (nSPS) is 13.3. The third kappa shape index (κ3) is 6.34. The van der Waals surface area contributed by atoms with E-state index in [1.165, 1.54) is 0 Å². The van der Waals surface area contributed by atoms with E-state index in [0.29, 0.717) is 18.1 Å². The highest BCUT2D eigenvalue weighted by atomic mass is 32.2. The summed E-state index contributed by atoms with van der Waals surface area (Å²) in [5, 5.41) is 2.79. The van der Waals surface area contributed by atoms with E-state index < -0.39 is 10.8 Å². The van der Waals surface area contributed by atoms with Gasteiger partial charge >= 0.3 is 0 Å². The van der Waals surface area contributed by atoms with Gasteiger partial charge in [-0.15, -0.1) is 0 Å². The Labute approximate surface area is 139 Å². The number of rotatable bonds is 8. The van der Waals surface area contributed by atoms with Crippen LogP contribution in [0, 0.1) is 0 Å². The summed E-state index contributed by atoms with van der Waals surface area (Å²) in [4.78, 5) is 11.9. The van der Waals surface area contributed by atoms with Gasteiger partial charge in [-0.05, 0) is 11.1 Å². The molecule has 1 amide bonds. The second kappa shape index (κ2) is 9.22. The first-order valence-corrected chi connectivity index (χ1v) is 9.10. The van der Waals surface area contributed by atoms with Crippen molar-refractivity contribution in [3.8, 4) is 0 Å². The standard InChI is InChI=1S/C18H22N2O2S/c19-17(16-9-5-2-6-10-16)13-18(21)20-11-12-23(22)14-15-7-3-1-4-8-15/h1-10,17H,11-14,19H2,(H,20,21). The zero-order valence-electron chi connectivity index (χ0n) is 13.0. The Morgan fingerprint density at radius 3 is 2.30 bits per heavy atom. The lowest BCUT2D eigenvalue weighted by Gasteiger charge is -2.12. The SMILES string of the molecule is NC(CC(=O)NCCS(=O)Cc1ccccc1)c1ccccc1. The Balaban J connectivity index is 1.67. The number of carbonyl (C=O) groups is 1. The van der Waals surface area contributed by atoms with Gasteiger partial charge in [0, 0.05) is 41.3 Å². The van der Waals surface area contributed by atoms with Gasteiger partial charge in [-0.3, -0.25) is 9.00 Å². The van der Waals surface area contributed by atoms with Gasteiger partial charge in [0.15, 0.2) is 0 Å². The van der Waals surface area contributed by atoms with Crippen molar-refractivity contribution in [3.63, 3.8) is 0 Å². The van der Waals surface area contributed by atoms with Crippen molar-refractivity contribution in [2.75, 3.05) is 12.3 Å². The van der Waals surface area contributed by atoms with E-state index in [9.17, 15) is 9.00 Å². The number of carbonyl (C=O) groups excluding carboxylic acids is 1. The first-order valence-electron chi connectivity index (χ1n) is 7.61. The number of benzene rings is 2. The summed E-state index contributed by atoms with van der Waals surface area (Å²) in [7, 11) is -0.982. The molecule has 2 unspecified atom stereocenters. The van der Waals surface area contributed by atoms with Crippen LogP contribution in [0.1, 0.15) is 23.6 Å². The van der Waals surface area contributed by atoms with Crippen molar-refractivity contribution in [1.82, 2.24) is 5.32 Å². The molecular weight excluding hydrogens is 308 g/mol. The molecule has 0 fully saturated rings. The van der Waals surface area contributed by atoms with Gasteiger partial charge in [-0.2, -0.15) is 0 Å². The van der Waals surface area contributed by atoms with Crippen molar-refractivity contribution in [2.24, 2.45) is 5.73 Å². The molecule has 0 aliphatic heterocycles. The maximum atomic E-state index is 12.0. The Hall–Kier alpha value is -1.98. The first kappa shape index (κ1) is 17.4. The van der Waals surface area contributed by atoms with Gasteiger partial charge in [0.1, 0.15) is 0 Å². The second-order valence-electron chi connectivity index (χ2n) is 5.35. The van der Waals surface area contributed by atoms with Crippen LogP contribution in [0.4, 0.5) is 0 Å². The molecule has 0 aliphatic rings. The minimum Gasteiger partial charge on any atom is -0.355 e. The summed E-state index contributed by atoms with van der Waals surface area (Å²) in [5.74, 6) is 0.847. The summed E-state index contributed by atoms with van der Waals surface area (Å²) < 4.78 is 12.0. The lowest BCUT2D eigenvalue weighted by Crippen LogP contribution is -2.30. The van der Waals surface area contributed by atoms with Gasteiger partial charge in [-0.1, -0.05) is 60.7 Å². The molecule has 0 spiro atoms. The van der Waals surface area contributed by atoms with Gasteiger partial charge in [-0.25, -0.2) is 0 Å². The van der Waals surface area contributed by atoms with Crippen molar-refractivity contribution < 1.29 is 9.00 Å². The Bertz CT molecular complexity index is 632. The molecule has 4 nitrogen and oxygen atoms in total. The smallest absolute Gasteiger partial charge is 0.221 e. The molecule has 0 aliphatic carbocycles. The lowest BCUT2D eigenvalue weighted by atomic mass is 10.0. The molecule has 122 valence electrons. The zero-order chi connectivity index (χ0) is 16.5. The highest BCUT2D eigenvalue weighted by molar-refractivity contribution is 7.84. The largest absolute Gasteiger partial charge is 0.355 e. The molecule has 0 bridgehead atoms. The quantitative estimate of drug-likeness (QED) is 0.779. The number of hydrogen-bond acceptors (Lipinski definition) is 3. The fourth-order valence-electron chi connectivity index (χ4n) is 2.23. The number of nitrogens with one attached hydrogen (secondary N) is 1. The van der Waals surface area contributed by atoms with E-state index in [1.54, 1.807) is 0 Å². The van der Waals surface area contributed by atoms with Crippen molar-refractivity contribution in [3.05, 3.63) is 71.8 Å². The minimum atomic E-state index is -0.982. The van der Waals surface area contributed by atoms with Gasteiger partial charge in [0.25, 0.3) is 0 Å². The third-order valence-electron chi connectivity index (χ3n) is 3.46. The average molecular weight is 330 g/mol. The highest BCUT2D eigenvalue weighted by Gasteiger charge is 2.11. The van der Waals surface area contributed by atoms with Crippen LogP contribution in [-0.4, -0.2) is 22.4 Å². The van der Waals surface area contributed by atoms with Crippen LogP contribution in [0.2, 0.25) is 0 Å². The van der Waals surface area contributed by atoms with E-state index in [1.807, 2.05) is 60.7 Å². The monoisotopic (exact) mass is 330 g/mol. The average Bonchev–Trinajstić information content (AvgIpc) is 2.56. The first-order chi connectivity index (χ1) is 11.1. The molecule has 0 heterocycles. The van der Waals surface area contributed by atoms with E-state index in [2.05, 4.69) is 5.32 Å². The maximum absolute atomic E-state index is 12.0. The third-order valence-corrected chi connectivity index (χ3v) is 4.77. The minimum absolute atomic E-state index is 0.113. The van der Waals surface area contributed by atoms with Crippen LogP contribution in [-0.2, 0) is 21.3 Å². The number of hydrogen-bond donors (Lipinski definition) is 2. The van der Waals surface area contributed by atoms with E-state index in [-0.39, 0.29) is 18.4 Å². The summed E-state index contributed by atoms with van der Waals surface area (Å²) >= 11 is 0. The molecule has 0 aromatic heterocycles. The zero-order valence-corrected chi connectivity index (χ0v) is 13.8. The summed E-state index contributed by atoms with van der Waals surface area (Å²) in [6, 6.07) is 18.9. The molecule has 0 saturated heterocycles. The van der Waals surface area contributed by atoms with E-state index in [4.69, 9.17) is 5.73 Å². The van der Waals surface area contributed by atoms with Crippen LogP contribution >= 0.6 is 0 Å². The van der Waals surface area contributed by atoms with Crippen LogP contribution < -0.4 is 11.1 Å². The summed E-state index contributed by atoms with van der Waals surface area (Å²) in [5.41, 5.74) is 7.99.